The lowest BCUT2D eigenvalue weighted by atomic mass is 9.99. The van der Waals surface area contributed by atoms with Gasteiger partial charge in [-0.15, -0.1) is 0 Å². The molecule has 0 radical (unpaired) electrons. The predicted octanol–water partition coefficient (Wildman–Crippen LogP) is 8.25. The number of nitrogens with one attached hydrogen (secondary N) is 1. The minimum Gasteiger partial charge on any atom is -0.394 e. The van der Waals surface area contributed by atoms with E-state index in [0.717, 1.165) is 38.5 Å². The van der Waals surface area contributed by atoms with Crippen molar-refractivity contribution in [2.45, 2.75) is 236 Å². The van der Waals surface area contributed by atoms with Crippen LogP contribution in [0.15, 0.2) is 36.5 Å². The van der Waals surface area contributed by atoms with Crippen molar-refractivity contribution in [1.29, 1.82) is 0 Å². The second-order valence-corrected chi connectivity index (χ2v) is 16.0. The lowest BCUT2D eigenvalue weighted by Gasteiger charge is -2.40. The molecule has 10 heteroatoms. The van der Waals surface area contributed by atoms with Crippen molar-refractivity contribution in [2.75, 3.05) is 13.2 Å². The predicted molar refractivity (Wildman–Crippen MR) is 227 cm³/mol. The van der Waals surface area contributed by atoms with Crippen LogP contribution in [-0.4, -0.2) is 98.7 Å². The van der Waals surface area contributed by atoms with Crippen LogP contribution < -0.4 is 5.32 Å². The number of aliphatic hydroxyl groups excluding tert-OH is 6. The number of unbranched alkanes of at least 4 members (excludes halogenated alkanes) is 22. The van der Waals surface area contributed by atoms with E-state index in [0.29, 0.717) is 19.3 Å². The maximum Gasteiger partial charge on any atom is 0.249 e. The second kappa shape index (κ2) is 36.4. The van der Waals surface area contributed by atoms with E-state index in [9.17, 15) is 35.4 Å². The van der Waals surface area contributed by atoms with Crippen LogP contribution in [-0.2, 0) is 14.3 Å². The lowest BCUT2D eigenvalue weighted by Crippen LogP contribution is -2.60. The quantitative estimate of drug-likeness (QED) is 0.0242. The second-order valence-electron chi connectivity index (χ2n) is 16.0. The largest absolute Gasteiger partial charge is 0.394 e. The number of amides is 1. The Morgan fingerprint density at radius 1 is 0.607 bits per heavy atom. The van der Waals surface area contributed by atoms with Crippen LogP contribution in [0, 0.1) is 0 Å². The van der Waals surface area contributed by atoms with Gasteiger partial charge in [0.15, 0.2) is 6.29 Å². The highest BCUT2D eigenvalue weighted by molar-refractivity contribution is 5.80. The molecule has 1 aliphatic heterocycles. The van der Waals surface area contributed by atoms with E-state index in [-0.39, 0.29) is 6.61 Å². The first kappa shape index (κ1) is 52.4. The maximum absolute atomic E-state index is 13.0. The summed E-state index contributed by atoms with van der Waals surface area (Å²) < 4.78 is 11.1. The summed E-state index contributed by atoms with van der Waals surface area (Å²) in [6.07, 6.45) is 33.7. The number of carbonyl (C=O) groups excluding carboxylic acids is 1. The minimum absolute atomic E-state index is 0.296. The SMILES string of the molecule is CCCCCCCC/C=C\CCCCCCCCC(O)C(=O)NC(COC1OC(CO)C(O)C(O)C1O)C(O)/C=C/CC/C=C/CCCCCCCCCCC. The molecule has 0 aromatic heterocycles. The smallest absolute Gasteiger partial charge is 0.249 e. The highest BCUT2D eigenvalue weighted by Crippen LogP contribution is 2.22. The number of aliphatic hydroxyl groups is 6. The summed E-state index contributed by atoms with van der Waals surface area (Å²) in [6, 6.07) is -0.997. The molecule has 1 fully saturated rings. The van der Waals surface area contributed by atoms with Crippen LogP contribution in [0.25, 0.3) is 0 Å². The standard InChI is InChI=1S/C46H85NO9/c1-3-5-7-9-11-13-15-17-19-21-23-25-27-29-31-33-35-40(50)45(54)47-38(37-55-46-44(53)43(52)42(51)41(36-48)56-46)39(49)34-32-30-28-26-24-22-20-18-16-14-12-10-8-6-4-2/h17,19,24,26,32,34,38-44,46,48-53H,3-16,18,20-23,25,27-31,33,35-37H2,1-2H3,(H,47,54)/b19-17-,26-24+,34-32+. The molecular formula is C46H85NO9. The molecule has 1 aliphatic rings. The summed E-state index contributed by atoms with van der Waals surface area (Å²) in [4.78, 5) is 13.0. The van der Waals surface area contributed by atoms with Crippen LogP contribution in [0.3, 0.4) is 0 Å². The Morgan fingerprint density at radius 3 is 1.55 bits per heavy atom. The van der Waals surface area contributed by atoms with Gasteiger partial charge in [-0.25, -0.2) is 0 Å². The van der Waals surface area contributed by atoms with Crippen LogP contribution in [0.2, 0.25) is 0 Å². The molecule has 1 heterocycles. The van der Waals surface area contributed by atoms with Crippen LogP contribution >= 0.6 is 0 Å². The van der Waals surface area contributed by atoms with Crippen molar-refractivity contribution < 1.29 is 44.9 Å². The van der Waals surface area contributed by atoms with E-state index < -0.39 is 61.5 Å². The number of hydrogen-bond donors (Lipinski definition) is 7. The molecule has 1 rings (SSSR count). The minimum atomic E-state index is -1.62. The van der Waals surface area contributed by atoms with Gasteiger partial charge in [-0.05, 0) is 57.8 Å². The van der Waals surface area contributed by atoms with Gasteiger partial charge in [0.05, 0.1) is 25.4 Å². The normalized spacial score (nSPS) is 22.0. The molecule has 0 spiro atoms. The molecule has 56 heavy (non-hydrogen) atoms. The van der Waals surface area contributed by atoms with E-state index in [1.54, 1.807) is 6.08 Å². The summed E-state index contributed by atoms with van der Waals surface area (Å²) in [5.41, 5.74) is 0. The molecule has 7 N–H and O–H groups in total. The van der Waals surface area contributed by atoms with E-state index in [4.69, 9.17) is 9.47 Å². The molecule has 328 valence electrons. The van der Waals surface area contributed by atoms with Crippen molar-refractivity contribution in [3.8, 4) is 0 Å². The summed E-state index contributed by atoms with van der Waals surface area (Å²) in [7, 11) is 0. The van der Waals surface area contributed by atoms with Gasteiger partial charge in [-0.3, -0.25) is 4.79 Å². The molecule has 0 aliphatic carbocycles. The highest BCUT2D eigenvalue weighted by atomic mass is 16.7. The number of rotatable bonds is 37. The van der Waals surface area contributed by atoms with Crippen molar-refractivity contribution in [2.24, 2.45) is 0 Å². The Morgan fingerprint density at radius 2 is 1.05 bits per heavy atom. The van der Waals surface area contributed by atoms with Gasteiger partial charge in [-0.1, -0.05) is 166 Å². The van der Waals surface area contributed by atoms with Crippen LogP contribution in [0.4, 0.5) is 0 Å². The van der Waals surface area contributed by atoms with Crippen molar-refractivity contribution in [3.05, 3.63) is 36.5 Å². The molecule has 0 aromatic rings. The third-order valence-corrected chi connectivity index (χ3v) is 10.8. The molecule has 8 unspecified atom stereocenters. The highest BCUT2D eigenvalue weighted by Gasteiger charge is 2.44. The summed E-state index contributed by atoms with van der Waals surface area (Å²) in [6.45, 7) is 3.57. The molecule has 0 bridgehead atoms. The fraction of sp³-hybridized carbons (Fsp3) is 0.848. The number of allylic oxidation sites excluding steroid dienone is 5. The van der Waals surface area contributed by atoms with Gasteiger partial charge in [-0.2, -0.15) is 0 Å². The first-order valence-electron chi connectivity index (χ1n) is 22.8. The number of carbonyl (C=O) groups is 1. The van der Waals surface area contributed by atoms with Gasteiger partial charge >= 0.3 is 0 Å². The van der Waals surface area contributed by atoms with Crippen molar-refractivity contribution >= 4 is 5.91 Å². The third kappa shape index (κ3) is 26.4. The zero-order valence-electron chi connectivity index (χ0n) is 35.5. The average molecular weight is 796 g/mol. The zero-order valence-corrected chi connectivity index (χ0v) is 35.5. The first-order valence-corrected chi connectivity index (χ1v) is 22.8. The molecule has 10 nitrogen and oxygen atoms in total. The first-order chi connectivity index (χ1) is 27.3. The fourth-order valence-electron chi connectivity index (χ4n) is 7.00. The Kier molecular flexibility index (Phi) is 34.1. The van der Waals surface area contributed by atoms with Crippen LogP contribution in [0.5, 0.6) is 0 Å². The Labute approximate surface area is 341 Å². The van der Waals surface area contributed by atoms with Gasteiger partial charge in [0.25, 0.3) is 0 Å². The van der Waals surface area contributed by atoms with Crippen molar-refractivity contribution in [1.82, 2.24) is 5.32 Å². The summed E-state index contributed by atoms with van der Waals surface area (Å²) in [5.74, 6) is -0.632. The van der Waals surface area contributed by atoms with Gasteiger partial charge in [0.1, 0.15) is 30.5 Å². The Hall–Kier alpha value is -1.63. The molecule has 1 amide bonds. The van der Waals surface area contributed by atoms with Crippen molar-refractivity contribution in [3.63, 3.8) is 0 Å². The Bertz CT molecular complexity index is 990. The topological polar surface area (TPSA) is 169 Å². The number of hydrogen-bond acceptors (Lipinski definition) is 9. The maximum atomic E-state index is 13.0. The fourth-order valence-corrected chi connectivity index (χ4v) is 7.00. The van der Waals surface area contributed by atoms with E-state index in [1.807, 2.05) is 6.08 Å². The molecule has 8 atom stereocenters. The lowest BCUT2D eigenvalue weighted by molar-refractivity contribution is -0.302. The van der Waals surface area contributed by atoms with Gasteiger partial charge < -0.3 is 45.4 Å². The van der Waals surface area contributed by atoms with E-state index >= 15 is 0 Å². The van der Waals surface area contributed by atoms with E-state index in [1.165, 1.54) is 116 Å². The number of ether oxygens (including phenoxy) is 2. The zero-order chi connectivity index (χ0) is 41.1. The summed E-state index contributed by atoms with van der Waals surface area (Å²) in [5, 5.41) is 64.6. The third-order valence-electron chi connectivity index (χ3n) is 10.8. The monoisotopic (exact) mass is 796 g/mol. The van der Waals surface area contributed by atoms with Gasteiger partial charge in [0, 0.05) is 0 Å². The molecule has 0 aromatic carbocycles. The molecule has 1 saturated heterocycles. The molecular weight excluding hydrogens is 711 g/mol. The summed E-state index contributed by atoms with van der Waals surface area (Å²) >= 11 is 0. The Balaban J connectivity index is 2.46. The van der Waals surface area contributed by atoms with E-state index in [2.05, 4.69) is 43.5 Å². The molecule has 0 saturated carbocycles. The van der Waals surface area contributed by atoms with Crippen LogP contribution in [0.1, 0.15) is 187 Å². The van der Waals surface area contributed by atoms with Gasteiger partial charge in [0.2, 0.25) is 5.91 Å². The average Bonchev–Trinajstić information content (AvgIpc) is 3.20.